The summed E-state index contributed by atoms with van der Waals surface area (Å²) in [4.78, 5) is 7.10. The van der Waals surface area contributed by atoms with Crippen LogP contribution in [-0.4, -0.2) is 56.7 Å². The van der Waals surface area contributed by atoms with Gasteiger partial charge in [-0.3, -0.25) is 9.88 Å². The summed E-state index contributed by atoms with van der Waals surface area (Å²) < 4.78 is 6.17. The van der Waals surface area contributed by atoms with Gasteiger partial charge in [-0.15, -0.1) is 5.10 Å². The Bertz CT molecular complexity index is 1500. The van der Waals surface area contributed by atoms with E-state index in [1.54, 1.807) is 0 Å². The van der Waals surface area contributed by atoms with E-state index in [4.69, 9.17) is 4.74 Å². The minimum absolute atomic E-state index is 0.183. The Kier molecular flexibility index (Phi) is 6.71. The van der Waals surface area contributed by atoms with Gasteiger partial charge in [0.15, 0.2) is 5.82 Å². The van der Waals surface area contributed by atoms with Crippen LogP contribution >= 0.6 is 0 Å². The second-order valence-electron chi connectivity index (χ2n) is 9.87. The molecule has 6 rings (SSSR count). The number of hydrogen-bond donors (Lipinski definition) is 2. The van der Waals surface area contributed by atoms with Crippen LogP contribution in [0.3, 0.4) is 0 Å². The van der Waals surface area contributed by atoms with Crippen LogP contribution < -0.4 is 10.1 Å². The summed E-state index contributed by atoms with van der Waals surface area (Å²) in [6.45, 7) is 5.42. The molecule has 0 bridgehead atoms. The highest BCUT2D eigenvalue weighted by atomic mass is 16.5. The number of nitrogens with zero attached hydrogens (tertiary/aromatic N) is 5. The number of aromatic nitrogens is 5. The SMILES string of the molecule is Cc1cc(Nc2cccc(OCCN3CCC(c4ccccc4)(c4nnn[nH]4)CC3)c2)c2ccccc2n1. The van der Waals surface area contributed by atoms with Crippen LogP contribution in [0.5, 0.6) is 5.75 Å². The van der Waals surface area contributed by atoms with Gasteiger partial charge in [0.2, 0.25) is 0 Å². The van der Waals surface area contributed by atoms with Gasteiger partial charge in [-0.2, -0.15) is 0 Å². The van der Waals surface area contributed by atoms with Crippen molar-refractivity contribution in [3.63, 3.8) is 0 Å². The molecule has 192 valence electrons. The molecule has 2 N–H and O–H groups in total. The number of para-hydroxylation sites is 1. The highest BCUT2D eigenvalue weighted by Crippen LogP contribution is 2.39. The lowest BCUT2D eigenvalue weighted by molar-refractivity contribution is 0.148. The van der Waals surface area contributed by atoms with E-state index in [1.807, 2.05) is 43.3 Å². The van der Waals surface area contributed by atoms with E-state index in [-0.39, 0.29) is 5.41 Å². The van der Waals surface area contributed by atoms with Crippen LogP contribution in [0.2, 0.25) is 0 Å². The first-order valence-electron chi connectivity index (χ1n) is 13.1. The summed E-state index contributed by atoms with van der Waals surface area (Å²) in [5.74, 6) is 1.70. The quantitative estimate of drug-likeness (QED) is 0.297. The molecule has 1 fully saturated rings. The molecular weight excluding hydrogens is 474 g/mol. The zero-order valence-electron chi connectivity index (χ0n) is 21.5. The van der Waals surface area contributed by atoms with Crippen LogP contribution in [0, 0.1) is 6.92 Å². The maximum Gasteiger partial charge on any atom is 0.159 e. The third kappa shape index (κ3) is 4.95. The summed E-state index contributed by atoms with van der Waals surface area (Å²) in [5.41, 5.74) is 5.08. The van der Waals surface area contributed by atoms with Crippen molar-refractivity contribution in [2.24, 2.45) is 0 Å². The second kappa shape index (κ2) is 10.6. The second-order valence-corrected chi connectivity index (χ2v) is 9.87. The fraction of sp³-hybridized carbons (Fsp3) is 0.267. The molecule has 0 radical (unpaired) electrons. The third-order valence-electron chi connectivity index (χ3n) is 7.47. The van der Waals surface area contributed by atoms with Gasteiger partial charge in [0.1, 0.15) is 12.4 Å². The van der Waals surface area contributed by atoms with Crippen LogP contribution in [0.1, 0.15) is 29.9 Å². The number of pyridine rings is 1. The Morgan fingerprint density at radius 3 is 2.58 bits per heavy atom. The van der Waals surface area contributed by atoms with Crippen molar-refractivity contribution in [3.8, 4) is 5.75 Å². The van der Waals surface area contributed by atoms with Crippen molar-refractivity contribution in [1.82, 2.24) is 30.5 Å². The van der Waals surface area contributed by atoms with Crippen molar-refractivity contribution in [1.29, 1.82) is 0 Å². The molecule has 0 unspecified atom stereocenters. The van der Waals surface area contributed by atoms with E-state index in [1.165, 1.54) is 5.56 Å². The molecule has 1 saturated heterocycles. The average molecular weight is 506 g/mol. The van der Waals surface area contributed by atoms with Gasteiger partial charge in [-0.25, -0.2) is 5.10 Å². The van der Waals surface area contributed by atoms with Crippen molar-refractivity contribution in [3.05, 3.63) is 102 Å². The van der Waals surface area contributed by atoms with Crippen LogP contribution in [0.4, 0.5) is 11.4 Å². The number of hydrogen-bond acceptors (Lipinski definition) is 7. The molecule has 0 aliphatic carbocycles. The Hall–Kier alpha value is -4.30. The van der Waals surface area contributed by atoms with E-state index in [2.05, 4.69) is 84.4 Å². The number of aryl methyl sites for hydroxylation is 1. The number of rotatable bonds is 8. The summed E-state index contributed by atoms with van der Waals surface area (Å²) in [6, 6.07) is 29.0. The van der Waals surface area contributed by atoms with Gasteiger partial charge in [0, 0.05) is 35.1 Å². The van der Waals surface area contributed by atoms with E-state index < -0.39 is 0 Å². The number of H-pyrrole nitrogens is 1. The first-order valence-corrected chi connectivity index (χ1v) is 13.1. The molecule has 1 aliphatic heterocycles. The first-order chi connectivity index (χ1) is 18.7. The molecule has 1 aliphatic rings. The molecule has 2 aromatic heterocycles. The summed E-state index contributed by atoms with van der Waals surface area (Å²) in [7, 11) is 0. The highest BCUT2D eigenvalue weighted by molar-refractivity contribution is 5.93. The Balaban J connectivity index is 1.07. The summed E-state index contributed by atoms with van der Waals surface area (Å²) in [5, 5.41) is 19.7. The molecular formula is C30H31N7O. The van der Waals surface area contributed by atoms with Crippen LogP contribution in [0.25, 0.3) is 10.9 Å². The Labute approximate surface area is 222 Å². The predicted molar refractivity (Wildman–Crippen MR) is 149 cm³/mol. The number of tetrazole rings is 1. The molecule has 5 aromatic rings. The molecule has 3 heterocycles. The van der Waals surface area contributed by atoms with E-state index in [9.17, 15) is 0 Å². The van der Waals surface area contributed by atoms with Gasteiger partial charge >= 0.3 is 0 Å². The van der Waals surface area contributed by atoms with Gasteiger partial charge in [-0.1, -0.05) is 54.6 Å². The lowest BCUT2D eigenvalue weighted by Gasteiger charge is -2.40. The molecule has 38 heavy (non-hydrogen) atoms. The number of ether oxygens (including phenoxy) is 1. The minimum Gasteiger partial charge on any atom is -0.492 e. The van der Waals surface area contributed by atoms with Crippen LogP contribution in [-0.2, 0) is 5.41 Å². The van der Waals surface area contributed by atoms with Gasteiger partial charge in [0.25, 0.3) is 0 Å². The Morgan fingerprint density at radius 1 is 0.947 bits per heavy atom. The summed E-state index contributed by atoms with van der Waals surface area (Å²) >= 11 is 0. The molecule has 3 aromatic carbocycles. The Morgan fingerprint density at radius 2 is 1.76 bits per heavy atom. The molecule has 0 spiro atoms. The smallest absolute Gasteiger partial charge is 0.159 e. The molecule has 8 heteroatoms. The fourth-order valence-electron chi connectivity index (χ4n) is 5.46. The fourth-order valence-corrected chi connectivity index (χ4v) is 5.46. The number of benzene rings is 3. The predicted octanol–water partition coefficient (Wildman–Crippen LogP) is 5.26. The van der Waals surface area contributed by atoms with E-state index in [0.29, 0.717) is 6.61 Å². The van der Waals surface area contributed by atoms with Gasteiger partial charge in [-0.05, 0) is 73.1 Å². The monoisotopic (exact) mass is 505 g/mol. The maximum atomic E-state index is 6.17. The molecule has 0 atom stereocenters. The lowest BCUT2D eigenvalue weighted by Crippen LogP contribution is -2.45. The standard InChI is InChI=1S/C30H31N7O/c1-22-20-28(26-12-5-6-13-27(26)31-22)32-24-10-7-11-25(21-24)38-19-18-37-16-14-30(15-17-37,29-33-35-36-34-29)23-8-3-2-4-9-23/h2-13,20-21H,14-19H2,1H3,(H,31,32)(H,33,34,35,36). The normalized spacial score (nSPS) is 15.4. The number of likely N-dealkylation sites (tertiary alicyclic amines) is 1. The number of aromatic amines is 1. The van der Waals surface area contributed by atoms with Crippen molar-refractivity contribution >= 4 is 22.3 Å². The largest absolute Gasteiger partial charge is 0.492 e. The zero-order valence-corrected chi connectivity index (χ0v) is 21.5. The topological polar surface area (TPSA) is 91.9 Å². The lowest BCUT2D eigenvalue weighted by atomic mass is 9.72. The van der Waals surface area contributed by atoms with Gasteiger partial charge < -0.3 is 10.1 Å². The maximum absolute atomic E-state index is 6.17. The third-order valence-corrected chi connectivity index (χ3v) is 7.47. The molecule has 0 saturated carbocycles. The van der Waals surface area contributed by atoms with Crippen molar-refractivity contribution in [2.45, 2.75) is 25.2 Å². The minimum atomic E-state index is -0.183. The number of piperidine rings is 1. The average Bonchev–Trinajstić information content (AvgIpc) is 3.50. The van der Waals surface area contributed by atoms with Crippen molar-refractivity contribution < 1.29 is 4.74 Å². The van der Waals surface area contributed by atoms with E-state index >= 15 is 0 Å². The zero-order chi connectivity index (χ0) is 25.8. The van der Waals surface area contributed by atoms with Crippen molar-refractivity contribution in [2.75, 3.05) is 31.6 Å². The van der Waals surface area contributed by atoms with Crippen LogP contribution in [0.15, 0.2) is 84.9 Å². The summed E-state index contributed by atoms with van der Waals surface area (Å²) in [6.07, 6.45) is 1.90. The molecule has 8 nitrogen and oxygen atoms in total. The number of anilines is 2. The number of fused-ring (bicyclic) bond motifs is 1. The first kappa shape index (κ1) is 24.1. The highest BCUT2D eigenvalue weighted by Gasteiger charge is 2.40. The van der Waals surface area contributed by atoms with E-state index in [0.717, 1.165) is 72.0 Å². The van der Waals surface area contributed by atoms with Gasteiger partial charge in [0.05, 0.1) is 10.9 Å². The number of nitrogens with one attached hydrogen (secondary N) is 2. The molecule has 0 amide bonds.